The molecule has 1 N–H and O–H groups in total. The van der Waals surface area contributed by atoms with Crippen molar-refractivity contribution in [1.29, 1.82) is 0 Å². The van der Waals surface area contributed by atoms with Crippen LogP contribution in [0.3, 0.4) is 0 Å². The van der Waals surface area contributed by atoms with Gasteiger partial charge in [0.05, 0.1) is 0 Å². The predicted octanol–water partition coefficient (Wildman–Crippen LogP) is 3.30. The standard InChI is InChI=1S/C14H19N3/c1-14(2,3)16-12-7-5-6-11(10-12)13-15-8-9-17(13)4/h5-10,16H,1-4H3. The molecule has 1 aromatic heterocycles. The van der Waals surface area contributed by atoms with Gasteiger partial charge in [0.2, 0.25) is 0 Å². The Labute approximate surface area is 103 Å². The molecule has 3 heteroatoms. The topological polar surface area (TPSA) is 29.9 Å². The lowest BCUT2D eigenvalue weighted by Crippen LogP contribution is -2.25. The molecular weight excluding hydrogens is 210 g/mol. The van der Waals surface area contributed by atoms with Gasteiger partial charge in [0.1, 0.15) is 5.82 Å². The van der Waals surface area contributed by atoms with E-state index in [2.05, 4.69) is 55.3 Å². The minimum absolute atomic E-state index is 0.0697. The van der Waals surface area contributed by atoms with Crippen LogP contribution in [0.15, 0.2) is 36.7 Å². The summed E-state index contributed by atoms with van der Waals surface area (Å²) >= 11 is 0. The zero-order chi connectivity index (χ0) is 12.5. The lowest BCUT2D eigenvalue weighted by atomic mass is 10.1. The van der Waals surface area contributed by atoms with Crippen molar-refractivity contribution in [3.05, 3.63) is 36.7 Å². The molecule has 0 atom stereocenters. The quantitative estimate of drug-likeness (QED) is 0.856. The van der Waals surface area contributed by atoms with E-state index in [1.165, 1.54) is 0 Å². The van der Waals surface area contributed by atoms with Crippen molar-refractivity contribution in [3.8, 4) is 11.4 Å². The lowest BCUT2D eigenvalue weighted by molar-refractivity contribution is 0.634. The number of nitrogens with zero attached hydrogens (tertiary/aromatic N) is 2. The molecule has 2 aromatic rings. The molecule has 0 saturated carbocycles. The maximum absolute atomic E-state index is 4.36. The fourth-order valence-corrected chi connectivity index (χ4v) is 1.81. The van der Waals surface area contributed by atoms with Gasteiger partial charge in [0.25, 0.3) is 0 Å². The van der Waals surface area contributed by atoms with E-state index in [0.29, 0.717) is 0 Å². The Morgan fingerprint density at radius 2 is 2.00 bits per heavy atom. The number of anilines is 1. The van der Waals surface area contributed by atoms with Crippen molar-refractivity contribution in [1.82, 2.24) is 9.55 Å². The average molecular weight is 229 g/mol. The summed E-state index contributed by atoms with van der Waals surface area (Å²) in [6.07, 6.45) is 3.78. The molecule has 0 amide bonds. The SMILES string of the molecule is Cn1ccnc1-c1cccc(NC(C)(C)C)c1. The number of aryl methyl sites for hydroxylation is 1. The second kappa shape index (κ2) is 4.24. The Morgan fingerprint density at radius 1 is 1.24 bits per heavy atom. The van der Waals surface area contributed by atoms with Gasteiger partial charge in [0, 0.05) is 36.2 Å². The number of nitrogens with one attached hydrogen (secondary N) is 1. The molecule has 0 unspecified atom stereocenters. The Balaban J connectivity index is 2.32. The number of benzene rings is 1. The molecule has 90 valence electrons. The summed E-state index contributed by atoms with van der Waals surface area (Å²) < 4.78 is 2.02. The largest absolute Gasteiger partial charge is 0.380 e. The molecule has 17 heavy (non-hydrogen) atoms. The van der Waals surface area contributed by atoms with Gasteiger partial charge in [-0.2, -0.15) is 0 Å². The highest BCUT2D eigenvalue weighted by molar-refractivity contribution is 5.63. The summed E-state index contributed by atoms with van der Waals surface area (Å²) in [7, 11) is 2.01. The molecule has 0 bridgehead atoms. The molecule has 0 aliphatic heterocycles. The van der Waals surface area contributed by atoms with Crippen LogP contribution in [-0.4, -0.2) is 15.1 Å². The summed E-state index contributed by atoms with van der Waals surface area (Å²) in [5.41, 5.74) is 2.32. The van der Waals surface area contributed by atoms with Crippen molar-refractivity contribution >= 4 is 5.69 Å². The third kappa shape index (κ3) is 2.87. The van der Waals surface area contributed by atoms with Gasteiger partial charge in [-0.05, 0) is 32.9 Å². The Morgan fingerprint density at radius 3 is 2.59 bits per heavy atom. The number of aromatic nitrogens is 2. The van der Waals surface area contributed by atoms with Crippen LogP contribution in [0.4, 0.5) is 5.69 Å². The van der Waals surface area contributed by atoms with Crippen LogP contribution in [0.1, 0.15) is 20.8 Å². The van der Waals surface area contributed by atoms with Gasteiger partial charge < -0.3 is 9.88 Å². The van der Waals surface area contributed by atoms with E-state index in [1.807, 2.05) is 24.0 Å². The van der Waals surface area contributed by atoms with E-state index < -0.39 is 0 Å². The normalized spacial score (nSPS) is 11.5. The first-order valence-electron chi connectivity index (χ1n) is 5.82. The van der Waals surface area contributed by atoms with Gasteiger partial charge in [-0.1, -0.05) is 12.1 Å². The maximum Gasteiger partial charge on any atom is 0.139 e. The molecular formula is C14H19N3. The highest BCUT2D eigenvalue weighted by Gasteiger charge is 2.10. The number of rotatable bonds is 2. The summed E-state index contributed by atoms with van der Waals surface area (Å²) in [6.45, 7) is 6.46. The third-order valence-electron chi connectivity index (χ3n) is 2.46. The fraction of sp³-hybridized carbons (Fsp3) is 0.357. The molecule has 1 aromatic carbocycles. The monoisotopic (exact) mass is 229 g/mol. The maximum atomic E-state index is 4.36. The minimum Gasteiger partial charge on any atom is -0.380 e. The highest BCUT2D eigenvalue weighted by Crippen LogP contribution is 2.22. The zero-order valence-electron chi connectivity index (χ0n) is 10.9. The first-order chi connectivity index (χ1) is 7.96. The number of hydrogen-bond donors (Lipinski definition) is 1. The molecule has 0 fully saturated rings. The smallest absolute Gasteiger partial charge is 0.139 e. The summed E-state index contributed by atoms with van der Waals surface area (Å²) in [4.78, 5) is 4.36. The summed E-state index contributed by atoms with van der Waals surface area (Å²) in [6, 6.07) is 8.35. The minimum atomic E-state index is 0.0697. The van der Waals surface area contributed by atoms with E-state index in [9.17, 15) is 0 Å². The van der Waals surface area contributed by atoms with Gasteiger partial charge in [-0.3, -0.25) is 0 Å². The van der Waals surface area contributed by atoms with Crippen LogP contribution in [0, 0.1) is 0 Å². The summed E-state index contributed by atoms with van der Waals surface area (Å²) in [5, 5.41) is 3.47. The Bertz CT molecular complexity index is 506. The van der Waals surface area contributed by atoms with Crippen molar-refractivity contribution in [2.75, 3.05) is 5.32 Å². The second-order valence-corrected chi connectivity index (χ2v) is 5.32. The Hall–Kier alpha value is -1.77. The van der Waals surface area contributed by atoms with Gasteiger partial charge in [0.15, 0.2) is 0 Å². The van der Waals surface area contributed by atoms with Crippen molar-refractivity contribution in [3.63, 3.8) is 0 Å². The molecule has 3 nitrogen and oxygen atoms in total. The van der Waals surface area contributed by atoms with Gasteiger partial charge in [-0.15, -0.1) is 0 Å². The first kappa shape index (κ1) is 11.7. The second-order valence-electron chi connectivity index (χ2n) is 5.32. The Kier molecular flexibility index (Phi) is 2.92. The van der Waals surface area contributed by atoms with Crippen molar-refractivity contribution < 1.29 is 0 Å². The van der Waals surface area contributed by atoms with Crippen molar-refractivity contribution in [2.24, 2.45) is 7.05 Å². The molecule has 0 radical (unpaired) electrons. The lowest BCUT2D eigenvalue weighted by Gasteiger charge is -2.22. The molecule has 0 spiro atoms. The van der Waals surface area contributed by atoms with E-state index in [4.69, 9.17) is 0 Å². The van der Waals surface area contributed by atoms with Crippen LogP contribution >= 0.6 is 0 Å². The van der Waals surface area contributed by atoms with Crippen molar-refractivity contribution in [2.45, 2.75) is 26.3 Å². The number of hydrogen-bond acceptors (Lipinski definition) is 2. The van der Waals surface area contributed by atoms with E-state index in [0.717, 1.165) is 17.1 Å². The zero-order valence-corrected chi connectivity index (χ0v) is 10.9. The van der Waals surface area contributed by atoms with Crippen LogP contribution in [0.5, 0.6) is 0 Å². The third-order valence-corrected chi connectivity index (χ3v) is 2.46. The van der Waals surface area contributed by atoms with Crippen LogP contribution < -0.4 is 5.32 Å². The van der Waals surface area contributed by atoms with E-state index >= 15 is 0 Å². The van der Waals surface area contributed by atoms with E-state index in [1.54, 1.807) is 0 Å². The molecule has 0 aliphatic carbocycles. The predicted molar refractivity (Wildman–Crippen MR) is 72.0 cm³/mol. The first-order valence-corrected chi connectivity index (χ1v) is 5.82. The highest BCUT2D eigenvalue weighted by atomic mass is 15.0. The number of imidazole rings is 1. The molecule has 1 heterocycles. The van der Waals surface area contributed by atoms with Crippen LogP contribution in [0.25, 0.3) is 11.4 Å². The van der Waals surface area contributed by atoms with E-state index in [-0.39, 0.29) is 5.54 Å². The average Bonchev–Trinajstić information content (AvgIpc) is 2.62. The van der Waals surface area contributed by atoms with Gasteiger partial charge in [-0.25, -0.2) is 4.98 Å². The molecule has 2 rings (SSSR count). The molecule has 0 saturated heterocycles. The summed E-state index contributed by atoms with van der Waals surface area (Å²) in [5.74, 6) is 0.988. The molecule has 0 aliphatic rings. The van der Waals surface area contributed by atoms with Crippen LogP contribution in [-0.2, 0) is 7.05 Å². The fourth-order valence-electron chi connectivity index (χ4n) is 1.81. The van der Waals surface area contributed by atoms with Gasteiger partial charge >= 0.3 is 0 Å². The van der Waals surface area contributed by atoms with Crippen LogP contribution in [0.2, 0.25) is 0 Å².